The Labute approximate surface area is 114 Å². The van der Waals surface area contributed by atoms with Crippen molar-refractivity contribution in [1.29, 1.82) is 0 Å². The largest absolute Gasteiger partial charge is 0.493 e. The van der Waals surface area contributed by atoms with Gasteiger partial charge in [-0.15, -0.1) is 10.2 Å². The normalized spacial score (nSPS) is 10.2. The van der Waals surface area contributed by atoms with E-state index in [9.17, 15) is 4.79 Å². The van der Waals surface area contributed by atoms with Crippen molar-refractivity contribution in [1.82, 2.24) is 10.2 Å². The molecule has 0 bridgehead atoms. The van der Waals surface area contributed by atoms with Crippen LogP contribution >= 0.6 is 11.3 Å². The summed E-state index contributed by atoms with van der Waals surface area (Å²) in [5.74, 6) is 0.542. The number of nitrogens with one attached hydrogen (secondary N) is 1. The predicted molar refractivity (Wildman–Crippen MR) is 74.2 cm³/mol. The lowest BCUT2D eigenvalue weighted by molar-refractivity contribution is -0.116. The van der Waals surface area contributed by atoms with E-state index in [1.54, 1.807) is 24.3 Å². The monoisotopic (exact) mass is 278 g/mol. The van der Waals surface area contributed by atoms with Gasteiger partial charge in [-0.25, -0.2) is 0 Å². The van der Waals surface area contributed by atoms with Crippen molar-refractivity contribution in [2.75, 3.05) is 17.7 Å². The molecule has 6 nitrogen and oxygen atoms in total. The first-order chi connectivity index (χ1) is 9.13. The van der Waals surface area contributed by atoms with Crippen molar-refractivity contribution < 1.29 is 9.53 Å². The molecule has 0 saturated heterocycles. The van der Waals surface area contributed by atoms with E-state index in [-0.39, 0.29) is 12.3 Å². The van der Waals surface area contributed by atoms with Crippen LogP contribution in [0.4, 0.5) is 10.8 Å². The Kier molecular flexibility index (Phi) is 4.30. The predicted octanol–water partition coefficient (Wildman–Crippen LogP) is 1.84. The Hall–Kier alpha value is -2.15. The van der Waals surface area contributed by atoms with E-state index < -0.39 is 0 Å². The molecule has 1 aromatic carbocycles. The molecule has 7 heteroatoms. The van der Waals surface area contributed by atoms with E-state index in [0.29, 0.717) is 23.2 Å². The number of carbonyl (C=O) groups excluding carboxylic acids is 1. The number of aryl methyl sites for hydroxylation is 1. The summed E-state index contributed by atoms with van der Waals surface area (Å²) in [6.45, 7) is 2.13. The van der Waals surface area contributed by atoms with E-state index in [2.05, 4.69) is 15.5 Å². The second-order valence-corrected chi connectivity index (χ2v) is 5.02. The number of hydrogen-bond donors (Lipinski definition) is 2. The van der Waals surface area contributed by atoms with Crippen molar-refractivity contribution in [3.05, 3.63) is 29.3 Å². The average molecular weight is 278 g/mol. The first-order valence-electron chi connectivity index (χ1n) is 5.72. The van der Waals surface area contributed by atoms with Gasteiger partial charge >= 0.3 is 0 Å². The minimum atomic E-state index is -0.147. The summed E-state index contributed by atoms with van der Waals surface area (Å²) in [6, 6.07) is 7.03. The third-order valence-electron chi connectivity index (χ3n) is 2.25. The molecule has 0 spiro atoms. The number of ether oxygens (including phenoxy) is 1. The van der Waals surface area contributed by atoms with Crippen LogP contribution in [0.1, 0.15) is 11.4 Å². The molecule has 0 radical (unpaired) electrons. The molecule has 100 valence electrons. The minimum Gasteiger partial charge on any atom is -0.493 e. The quantitative estimate of drug-likeness (QED) is 0.814. The molecule has 0 aliphatic rings. The molecule has 19 heavy (non-hydrogen) atoms. The standard InChI is InChI=1S/C12H14N4O2S/c1-8-15-16-12(19-8)14-11(17)6-7-18-10-4-2-9(13)3-5-10/h2-5H,6-7,13H2,1H3,(H,14,16,17). The maximum absolute atomic E-state index is 11.6. The van der Waals surface area contributed by atoms with Crippen LogP contribution < -0.4 is 15.8 Å². The molecule has 2 aromatic rings. The number of rotatable bonds is 5. The van der Waals surface area contributed by atoms with Crippen molar-refractivity contribution >= 4 is 28.1 Å². The Balaban J connectivity index is 1.73. The SMILES string of the molecule is Cc1nnc(NC(=O)CCOc2ccc(N)cc2)s1. The van der Waals surface area contributed by atoms with E-state index in [1.807, 2.05) is 6.92 Å². The number of nitrogens with zero attached hydrogens (tertiary/aromatic N) is 2. The molecule has 0 aliphatic carbocycles. The first-order valence-corrected chi connectivity index (χ1v) is 6.53. The molecular weight excluding hydrogens is 264 g/mol. The van der Waals surface area contributed by atoms with Crippen molar-refractivity contribution in [3.8, 4) is 5.75 Å². The average Bonchev–Trinajstić information content (AvgIpc) is 2.77. The molecule has 1 heterocycles. The molecular formula is C12H14N4O2S. The summed E-state index contributed by atoms with van der Waals surface area (Å²) >= 11 is 1.34. The maximum atomic E-state index is 11.6. The Morgan fingerprint density at radius 3 is 2.74 bits per heavy atom. The van der Waals surface area contributed by atoms with Crippen LogP contribution in [0.25, 0.3) is 0 Å². The molecule has 3 N–H and O–H groups in total. The van der Waals surface area contributed by atoms with Gasteiger partial charge in [0.15, 0.2) is 0 Å². The number of benzene rings is 1. The molecule has 0 atom stereocenters. The fourth-order valence-electron chi connectivity index (χ4n) is 1.35. The van der Waals surface area contributed by atoms with Crippen LogP contribution in [-0.4, -0.2) is 22.7 Å². The second kappa shape index (κ2) is 6.14. The lowest BCUT2D eigenvalue weighted by Gasteiger charge is -2.05. The number of hydrogen-bond acceptors (Lipinski definition) is 6. The van der Waals surface area contributed by atoms with Crippen LogP contribution in [0.2, 0.25) is 0 Å². The van der Waals surface area contributed by atoms with Gasteiger partial charge in [-0.05, 0) is 31.2 Å². The van der Waals surface area contributed by atoms with Crippen LogP contribution in [0.15, 0.2) is 24.3 Å². The zero-order valence-corrected chi connectivity index (χ0v) is 11.2. The van der Waals surface area contributed by atoms with Gasteiger partial charge in [-0.1, -0.05) is 11.3 Å². The summed E-state index contributed by atoms with van der Waals surface area (Å²) in [5, 5.41) is 11.6. The highest BCUT2D eigenvalue weighted by atomic mass is 32.1. The lowest BCUT2D eigenvalue weighted by Crippen LogP contribution is -2.15. The van der Waals surface area contributed by atoms with Gasteiger partial charge in [-0.3, -0.25) is 4.79 Å². The first kappa shape index (κ1) is 13.3. The highest BCUT2D eigenvalue weighted by molar-refractivity contribution is 7.15. The van der Waals surface area contributed by atoms with Crippen LogP contribution in [-0.2, 0) is 4.79 Å². The highest BCUT2D eigenvalue weighted by Gasteiger charge is 2.06. The van der Waals surface area contributed by atoms with Crippen LogP contribution in [0.5, 0.6) is 5.75 Å². The minimum absolute atomic E-state index is 0.147. The molecule has 0 saturated carbocycles. The van der Waals surface area contributed by atoms with Gasteiger partial charge in [0, 0.05) is 5.69 Å². The number of aromatic nitrogens is 2. The third kappa shape index (κ3) is 4.22. The van der Waals surface area contributed by atoms with Crippen molar-refractivity contribution in [2.24, 2.45) is 0 Å². The molecule has 0 unspecified atom stereocenters. The molecule has 1 aromatic heterocycles. The Morgan fingerprint density at radius 2 is 2.11 bits per heavy atom. The zero-order valence-electron chi connectivity index (χ0n) is 10.4. The zero-order chi connectivity index (χ0) is 13.7. The number of carbonyl (C=O) groups is 1. The number of amides is 1. The molecule has 2 rings (SSSR count). The van der Waals surface area contributed by atoms with Crippen LogP contribution in [0.3, 0.4) is 0 Å². The molecule has 1 amide bonds. The number of nitrogens with two attached hydrogens (primary N) is 1. The van der Waals surface area contributed by atoms with Gasteiger partial charge in [0.25, 0.3) is 0 Å². The third-order valence-corrected chi connectivity index (χ3v) is 3.00. The van der Waals surface area contributed by atoms with Gasteiger partial charge in [-0.2, -0.15) is 0 Å². The second-order valence-electron chi connectivity index (χ2n) is 3.84. The summed E-state index contributed by atoms with van der Waals surface area (Å²) in [7, 11) is 0. The topological polar surface area (TPSA) is 90.1 Å². The summed E-state index contributed by atoms with van der Waals surface area (Å²) in [6.07, 6.45) is 0.253. The smallest absolute Gasteiger partial charge is 0.229 e. The maximum Gasteiger partial charge on any atom is 0.229 e. The van der Waals surface area contributed by atoms with Crippen LogP contribution in [0, 0.1) is 6.92 Å². The van der Waals surface area contributed by atoms with Gasteiger partial charge in [0.1, 0.15) is 10.8 Å². The van der Waals surface area contributed by atoms with E-state index >= 15 is 0 Å². The molecule has 0 fully saturated rings. The van der Waals surface area contributed by atoms with E-state index in [0.717, 1.165) is 5.01 Å². The van der Waals surface area contributed by atoms with E-state index in [1.165, 1.54) is 11.3 Å². The number of anilines is 2. The van der Waals surface area contributed by atoms with Gasteiger partial charge in [0.05, 0.1) is 13.0 Å². The van der Waals surface area contributed by atoms with Crippen molar-refractivity contribution in [2.45, 2.75) is 13.3 Å². The molecule has 0 aliphatic heterocycles. The summed E-state index contributed by atoms with van der Waals surface area (Å²) < 4.78 is 5.43. The highest BCUT2D eigenvalue weighted by Crippen LogP contribution is 2.15. The summed E-state index contributed by atoms with van der Waals surface area (Å²) in [5.41, 5.74) is 6.24. The van der Waals surface area contributed by atoms with Gasteiger partial charge in [0.2, 0.25) is 11.0 Å². The summed E-state index contributed by atoms with van der Waals surface area (Å²) in [4.78, 5) is 11.6. The Bertz CT molecular complexity index is 553. The lowest BCUT2D eigenvalue weighted by atomic mass is 10.3. The fraction of sp³-hybridized carbons (Fsp3) is 0.250. The van der Waals surface area contributed by atoms with Gasteiger partial charge < -0.3 is 15.8 Å². The van der Waals surface area contributed by atoms with E-state index in [4.69, 9.17) is 10.5 Å². The fourth-order valence-corrected chi connectivity index (χ4v) is 1.96. The Morgan fingerprint density at radius 1 is 1.37 bits per heavy atom. The number of nitrogen functional groups attached to an aromatic ring is 1. The van der Waals surface area contributed by atoms with Crippen molar-refractivity contribution in [3.63, 3.8) is 0 Å².